The summed E-state index contributed by atoms with van der Waals surface area (Å²) in [6.45, 7) is 2.32. The van der Waals surface area contributed by atoms with Gasteiger partial charge in [-0.25, -0.2) is 21.6 Å². The largest absolute Gasteiger partial charge is 0.493 e. The summed E-state index contributed by atoms with van der Waals surface area (Å²) in [5.41, 5.74) is 0.971. The Hall–Kier alpha value is -2.50. The number of anilines is 1. The van der Waals surface area contributed by atoms with Crippen LogP contribution in [0.2, 0.25) is 0 Å². The van der Waals surface area contributed by atoms with Crippen molar-refractivity contribution in [1.29, 1.82) is 0 Å². The lowest BCUT2D eigenvalue weighted by Gasteiger charge is -2.28. The molecule has 0 aromatic heterocycles. The summed E-state index contributed by atoms with van der Waals surface area (Å²) in [6.07, 6.45) is 1.31. The van der Waals surface area contributed by atoms with Crippen LogP contribution in [0.5, 0.6) is 17.2 Å². The highest BCUT2D eigenvalue weighted by atomic mass is 32.2. The number of ether oxygens (including phenoxy) is 3. The Kier molecular flexibility index (Phi) is 7.52. The van der Waals surface area contributed by atoms with E-state index in [4.69, 9.17) is 14.2 Å². The topological polar surface area (TPSA) is 111 Å². The third-order valence-corrected chi connectivity index (χ3v) is 8.36. The molecule has 1 aliphatic heterocycles. The van der Waals surface area contributed by atoms with Gasteiger partial charge in [-0.2, -0.15) is 0 Å². The minimum absolute atomic E-state index is 0.000489. The maximum absolute atomic E-state index is 13.2. The van der Waals surface area contributed by atoms with Crippen molar-refractivity contribution in [2.24, 2.45) is 0 Å². The highest BCUT2D eigenvalue weighted by Crippen LogP contribution is 2.32. The molecule has 0 saturated carbocycles. The van der Waals surface area contributed by atoms with E-state index in [1.165, 1.54) is 30.7 Å². The van der Waals surface area contributed by atoms with E-state index in [0.717, 1.165) is 0 Å². The van der Waals surface area contributed by atoms with Crippen molar-refractivity contribution < 1.29 is 31.0 Å². The summed E-state index contributed by atoms with van der Waals surface area (Å²) < 4.78 is 71.1. The standard InChI is InChI=1S/C21H28N2O7S2/c1-4-30-19-10-8-17(23-11-5-6-12-31(23,24)25)14-21(19)32(26,27)22-15-16-7-9-18(28-2)20(13-16)29-3/h7-10,13-14,22H,4-6,11-12,15H2,1-3H3. The molecule has 0 unspecified atom stereocenters. The van der Waals surface area contributed by atoms with Crippen LogP contribution in [-0.4, -0.2) is 50.0 Å². The first-order chi connectivity index (χ1) is 15.2. The molecule has 176 valence electrons. The van der Waals surface area contributed by atoms with E-state index in [2.05, 4.69) is 4.72 Å². The predicted octanol–water partition coefficient (Wildman–Crippen LogP) is 2.51. The minimum atomic E-state index is -4.01. The highest BCUT2D eigenvalue weighted by molar-refractivity contribution is 7.92. The van der Waals surface area contributed by atoms with E-state index in [0.29, 0.717) is 42.1 Å². The van der Waals surface area contributed by atoms with Gasteiger partial charge in [0.25, 0.3) is 0 Å². The molecule has 2 aromatic carbocycles. The lowest BCUT2D eigenvalue weighted by Crippen LogP contribution is -2.38. The molecule has 0 atom stereocenters. The van der Waals surface area contributed by atoms with Crippen molar-refractivity contribution in [2.45, 2.75) is 31.2 Å². The van der Waals surface area contributed by atoms with Gasteiger partial charge in [0, 0.05) is 13.1 Å². The third-order valence-electron chi connectivity index (χ3n) is 5.07. The van der Waals surface area contributed by atoms with E-state index in [-0.39, 0.29) is 29.5 Å². The zero-order valence-corrected chi connectivity index (χ0v) is 20.0. The third kappa shape index (κ3) is 5.28. The van der Waals surface area contributed by atoms with Gasteiger partial charge in [-0.15, -0.1) is 0 Å². The molecule has 1 aliphatic rings. The minimum Gasteiger partial charge on any atom is -0.493 e. The lowest BCUT2D eigenvalue weighted by atomic mass is 10.2. The van der Waals surface area contributed by atoms with Gasteiger partial charge in [-0.3, -0.25) is 4.31 Å². The summed E-state index contributed by atoms with van der Waals surface area (Å²) in [5.74, 6) is 1.22. The number of sulfonamides is 2. The SMILES string of the molecule is CCOc1ccc(N2CCCCS2(=O)=O)cc1S(=O)(=O)NCc1ccc(OC)c(OC)c1. The van der Waals surface area contributed by atoms with E-state index in [9.17, 15) is 16.8 Å². The van der Waals surface area contributed by atoms with Crippen molar-refractivity contribution in [2.75, 3.05) is 37.4 Å². The van der Waals surface area contributed by atoms with Crippen molar-refractivity contribution in [3.63, 3.8) is 0 Å². The monoisotopic (exact) mass is 484 g/mol. The number of benzene rings is 2. The molecule has 1 N–H and O–H groups in total. The van der Waals surface area contributed by atoms with Crippen LogP contribution in [0.1, 0.15) is 25.3 Å². The van der Waals surface area contributed by atoms with E-state index in [1.807, 2.05) is 0 Å². The molecule has 1 saturated heterocycles. The van der Waals surface area contributed by atoms with Crippen molar-refractivity contribution >= 4 is 25.7 Å². The van der Waals surface area contributed by atoms with Gasteiger partial charge >= 0.3 is 0 Å². The lowest BCUT2D eigenvalue weighted by molar-refractivity contribution is 0.331. The van der Waals surface area contributed by atoms with Crippen LogP contribution in [0.3, 0.4) is 0 Å². The molecule has 0 aliphatic carbocycles. The summed E-state index contributed by atoms with van der Waals surface area (Å²) in [5, 5.41) is 0. The van der Waals surface area contributed by atoms with Gasteiger partial charge in [0.15, 0.2) is 11.5 Å². The Morgan fingerprint density at radius 1 is 1.00 bits per heavy atom. The number of methoxy groups -OCH3 is 2. The van der Waals surface area contributed by atoms with Crippen molar-refractivity contribution in [3.05, 3.63) is 42.0 Å². The van der Waals surface area contributed by atoms with Crippen molar-refractivity contribution in [3.8, 4) is 17.2 Å². The molecule has 3 rings (SSSR count). The van der Waals surface area contributed by atoms with Crippen LogP contribution < -0.4 is 23.2 Å². The smallest absolute Gasteiger partial charge is 0.244 e. The van der Waals surface area contributed by atoms with Crippen LogP contribution in [-0.2, 0) is 26.6 Å². The molecular weight excluding hydrogens is 456 g/mol. The van der Waals surface area contributed by atoms with Crippen LogP contribution in [0, 0.1) is 0 Å². The maximum atomic E-state index is 13.2. The Bertz CT molecular complexity index is 1160. The predicted molar refractivity (Wildman–Crippen MR) is 122 cm³/mol. The second-order valence-corrected chi connectivity index (χ2v) is 10.9. The fourth-order valence-corrected chi connectivity index (χ4v) is 6.27. The van der Waals surface area contributed by atoms with Gasteiger partial charge in [0.1, 0.15) is 10.6 Å². The Morgan fingerprint density at radius 2 is 1.72 bits per heavy atom. The number of hydrogen-bond donors (Lipinski definition) is 1. The fraction of sp³-hybridized carbons (Fsp3) is 0.429. The number of nitrogens with zero attached hydrogens (tertiary/aromatic N) is 1. The molecule has 1 heterocycles. The first-order valence-corrected chi connectivity index (χ1v) is 13.3. The van der Waals surface area contributed by atoms with Crippen LogP contribution in [0.4, 0.5) is 5.69 Å². The average molecular weight is 485 g/mol. The number of nitrogens with one attached hydrogen (secondary N) is 1. The Morgan fingerprint density at radius 3 is 2.38 bits per heavy atom. The summed E-state index contributed by atoms with van der Waals surface area (Å²) >= 11 is 0. The molecule has 2 aromatic rings. The number of hydrogen-bond acceptors (Lipinski definition) is 7. The molecule has 9 nitrogen and oxygen atoms in total. The van der Waals surface area contributed by atoms with E-state index < -0.39 is 20.0 Å². The molecule has 0 bridgehead atoms. The second-order valence-electron chi connectivity index (χ2n) is 7.17. The maximum Gasteiger partial charge on any atom is 0.244 e. The first-order valence-electron chi connectivity index (χ1n) is 10.2. The zero-order chi connectivity index (χ0) is 23.4. The normalized spacial score (nSPS) is 15.9. The Labute approximate surface area is 189 Å². The van der Waals surface area contributed by atoms with Crippen molar-refractivity contribution in [1.82, 2.24) is 4.72 Å². The molecule has 0 amide bonds. The van der Waals surface area contributed by atoms with Crippen LogP contribution in [0.25, 0.3) is 0 Å². The fourth-order valence-electron chi connectivity index (χ4n) is 3.46. The summed E-state index contributed by atoms with van der Waals surface area (Å²) in [7, 11) is -4.48. The van der Waals surface area contributed by atoms with Gasteiger partial charge in [-0.1, -0.05) is 6.07 Å². The first kappa shape index (κ1) is 24.1. The number of rotatable bonds is 9. The molecule has 11 heteroatoms. The molecular formula is C21H28N2O7S2. The summed E-state index contributed by atoms with van der Waals surface area (Å²) in [4.78, 5) is -0.113. The van der Waals surface area contributed by atoms with Gasteiger partial charge in [0.2, 0.25) is 20.0 Å². The quantitative estimate of drug-likeness (QED) is 0.582. The zero-order valence-electron chi connectivity index (χ0n) is 18.3. The molecule has 0 spiro atoms. The molecule has 0 radical (unpaired) electrons. The summed E-state index contributed by atoms with van der Waals surface area (Å²) in [6, 6.07) is 9.52. The molecule has 32 heavy (non-hydrogen) atoms. The van der Waals surface area contributed by atoms with Crippen LogP contribution >= 0.6 is 0 Å². The second kappa shape index (κ2) is 9.97. The van der Waals surface area contributed by atoms with E-state index in [1.54, 1.807) is 31.2 Å². The Balaban J connectivity index is 1.91. The van der Waals surface area contributed by atoms with Crippen LogP contribution in [0.15, 0.2) is 41.3 Å². The van der Waals surface area contributed by atoms with Gasteiger partial charge in [0.05, 0.1) is 32.3 Å². The van der Waals surface area contributed by atoms with Gasteiger partial charge < -0.3 is 14.2 Å². The molecule has 1 fully saturated rings. The van der Waals surface area contributed by atoms with E-state index >= 15 is 0 Å². The highest BCUT2D eigenvalue weighted by Gasteiger charge is 2.28. The average Bonchev–Trinajstić information content (AvgIpc) is 2.77. The van der Waals surface area contributed by atoms with Gasteiger partial charge in [-0.05, 0) is 55.7 Å².